The quantitative estimate of drug-likeness (QED) is 0.478. The Morgan fingerprint density at radius 2 is 1.37 bits per heavy atom. The minimum absolute atomic E-state index is 0.713. The molecule has 0 heterocycles. The van der Waals surface area contributed by atoms with E-state index in [4.69, 9.17) is 9.47 Å². The molecule has 0 amide bonds. The van der Waals surface area contributed by atoms with Gasteiger partial charge in [-0.05, 0) is 33.0 Å². The number of nitrogens with one attached hydrogen (secondary N) is 2. The molecule has 0 aliphatic rings. The molecule has 2 N–H and O–H groups in total. The molecule has 0 saturated heterocycles. The van der Waals surface area contributed by atoms with Gasteiger partial charge in [-0.25, -0.2) is 0 Å². The van der Waals surface area contributed by atoms with Crippen LogP contribution < -0.4 is 10.6 Å². The van der Waals surface area contributed by atoms with Gasteiger partial charge in [0.1, 0.15) is 0 Å². The lowest BCUT2D eigenvalue weighted by Crippen LogP contribution is -2.20. The molecule has 0 aliphatic carbocycles. The monoisotopic (exact) mass is 276 g/mol. The van der Waals surface area contributed by atoms with E-state index in [1.54, 1.807) is 0 Å². The van der Waals surface area contributed by atoms with E-state index in [-0.39, 0.29) is 0 Å². The Hall–Kier alpha value is -0.160. The summed E-state index contributed by atoms with van der Waals surface area (Å²) in [5, 5.41) is 6.37. The summed E-state index contributed by atoms with van der Waals surface area (Å²) in [6.07, 6.45) is 5.00. The first kappa shape index (κ1) is 21.1. The van der Waals surface area contributed by atoms with Crippen molar-refractivity contribution in [1.82, 2.24) is 10.6 Å². The second kappa shape index (κ2) is 23.0. The zero-order valence-electron chi connectivity index (χ0n) is 13.6. The second-order valence-corrected chi connectivity index (χ2v) is 4.10. The fourth-order valence-corrected chi connectivity index (χ4v) is 1.50. The van der Waals surface area contributed by atoms with Gasteiger partial charge >= 0.3 is 0 Å². The van der Waals surface area contributed by atoms with E-state index in [0.717, 1.165) is 39.5 Å². The highest BCUT2D eigenvalue weighted by Crippen LogP contribution is 1.98. The minimum atomic E-state index is 0.713. The van der Waals surface area contributed by atoms with E-state index in [2.05, 4.69) is 17.6 Å². The smallest absolute Gasteiger partial charge is 0.0701 e. The van der Waals surface area contributed by atoms with Gasteiger partial charge in [-0.1, -0.05) is 33.6 Å². The number of hydrogen-bond acceptors (Lipinski definition) is 4. The molecular weight excluding hydrogens is 240 g/mol. The van der Waals surface area contributed by atoms with Crippen molar-refractivity contribution in [3.8, 4) is 0 Å². The van der Waals surface area contributed by atoms with Crippen LogP contribution in [-0.4, -0.2) is 53.1 Å². The Kier molecular flexibility index (Phi) is 25.6. The molecule has 0 saturated carbocycles. The molecule has 0 unspecified atom stereocenters. The molecule has 0 fully saturated rings. The minimum Gasteiger partial charge on any atom is -0.379 e. The molecule has 0 aromatic heterocycles. The molecule has 0 aromatic rings. The third kappa shape index (κ3) is 23.4. The van der Waals surface area contributed by atoms with E-state index in [0.29, 0.717) is 6.61 Å². The standard InChI is InChI=1S/C13H30N2O2.C2H6/c1-3-15-9-11-17-13-12-16-10-7-5-4-6-8-14-2;1-2/h14-15H,3-13H2,1-2H3;1-2H3. The van der Waals surface area contributed by atoms with Crippen molar-refractivity contribution in [2.75, 3.05) is 53.1 Å². The Morgan fingerprint density at radius 1 is 0.737 bits per heavy atom. The number of ether oxygens (including phenoxy) is 2. The number of rotatable bonds is 14. The molecule has 19 heavy (non-hydrogen) atoms. The summed E-state index contributed by atoms with van der Waals surface area (Å²) in [6.45, 7) is 12.3. The van der Waals surface area contributed by atoms with Crippen LogP contribution in [0.3, 0.4) is 0 Å². The molecule has 0 atom stereocenters. The first-order valence-corrected chi connectivity index (χ1v) is 7.92. The van der Waals surface area contributed by atoms with Crippen molar-refractivity contribution in [2.24, 2.45) is 0 Å². The molecule has 0 rings (SSSR count). The lowest BCUT2D eigenvalue weighted by atomic mass is 10.2. The van der Waals surface area contributed by atoms with Crippen LogP contribution in [0.25, 0.3) is 0 Å². The van der Waals surface area contributed by atoms with Crippen LogP contribution in [0.1, 0.15) is 46.5 Å². The van der Waals surface area contributed by atoms with Crippen LogP contribution >= 0.6 is 0 Å². The molecule has 118 valence electrons. The Labute approximate surface area is 120 Å². The van der Waals surface area contributed by atoms with Gasteiger partial charge in [0.2, 0.25) is 0 Å². The van der Waals surface area contributed by atoms with E-state index in [1.807, 2.05) is 20.9 Å². The van der Waals surface area contributed by atoms with Gasteiger partial charge in [-0.15, -0.1) is 0 Å². The van der Waals surface area contributed by atoms with Gasteiger partial charge in [-0.3, -0.25) is 0 Å². The van der Waals surface area contributed by atoms with Crippen LogP contribution in [0.2, 0.25) is 0 Å². The van der Waals surface area contributed by atoms with Crippen LogP contribution in [-0.2, 0) is 9.47 Å². The summed E-state index contributed by atoms with van der Waals surface area (Å²) < 4.78 is 10.9. The molecule has 0 aromatic carbocycles. The number of hydrogen-bond donors (Lipinski definition) is 2. The fourth-order valence-electron chi connectivity index (χ4n) is 1.50. The third-order valence-corrected chi connectivity index (χ3v) is 2.51. The SMILES string of the molecule is CC.CCNCCOCCOCCCCCCNC. The normalized spacial score (nSPS) is 10.1. The van der Waals surface area contributed by atoms with Crippen LogP contribution in [0.5, 0.6) is 0 Å². The predicted octanol–water partition coefficient (Wildman–Crippen LogP) is 2.44. The summed E-state index contributed by atoms with van der Waals surface area (Å²) in [7, 11) is 2.00. The summed E-state index contributed by atoms with van der Waals surface area (Å²) in [4.78, 5) is 0. The fraction of sp³-hybridized carbons (Fsp3) is 1.00. The number of unbranched alkanes of at least 4 members (excludes halogenated alkanes) is 3. The van der Waals surface area contributed by atoms with Gasteiger partial charge < -0.3 is 20.1 Å². The number of likely N-dealkylation sites (N-methyl/N-ethyl adjacent to an activating group) is 1. The van der Waals surface area contributed by atoms with Gasteiger partial charge in [-0.2, -0.15) is 0 Å². The van der Waals surface area contributed by atoms with Crippen molar-refractivity contribution < 1.29 is 9.47 Å². The molecular formula is C15H36N2O2. The Morgan fingerprint density at radius 3 is 2.00 bits per heavy atom. The molecule has 4 heteroatoms. The van der Waals surface area contributed by atoms with Crippen molar-refractivity contribution in [1.29, 1.82) is 0 Å². The lowest BCUT2D eigenvalue weighted by molar-refractivity contribution is 0.0475. The largest absolute Gasteiger partial charge is 0.379 e. The van der Waals surface area contributed by atoms with E-state index in [9.17, 15) is 0 Å². The van der Waals surface area contributed by atoms with Crippen LogP contribution in [0, 0.1) is 0 Å². The average molecular weight is 276 g/mol. The van der Waals surface area contributed by atoms with E-state index in [1.165, 1.54) is 25.7 Å². The molecule has 0 spiro atoms. The zero-order valence-corrected chi connectivity index (χ0v) is 13.6. The zero-order chi connectivity index (χ0) is 14.6. The van der Waals surface area contributed by atoms with Crippen molar-refractivity contribution in [3.63, 3.8) is 0 Å². The highest BCUT2D eigenvalue weighted by molar-refractivity contribution is 4.45. The van der Waals surface area contributed by atoms with Gasteiger partial charge in [0.25, 0.3) is 0 Å². The highest BCUT2D eigenvalue weighted by atomic mass is 16.5. The molecule has 4 nitrogen and oxygen atoms in total. The Bertz CT molecular complexity index is 121. The molecule has 0 bridgehead atoms. The molecule has 0 aliphatic heterocycles. The second-order valence-electron chi connectivity index (χ2n) is 4.10. The lowest BCUT2D eigenvalue weighted by Gasteiger charge is -2.06. The van der Waals surface area contributed by atoms with Crippen LogP contribution in [0.4, 0.5) is 0 Å². The summed E-state index contributed by atoms with van der Waals surface area (Å²) in [5.41, 5.74) is 0. The van der Waals surface area contributed by atoms with Crippen molar-refractivity contribution >= 4 is 0 Å². The Balaban J connectivity index is 0. The van der Waals surface area contributed by atoms with Crippen molar-refractivity contribution in [2.45, 2.75) is 46.5 Å². The summed E-state index contributed by atoms with van der Waals surface area (Å²) in [5.74, 6) is 0. The van der Waals surface area contributed by atoms with Gasteiger partial charge in [0.15, 0.2) is 0 Å². The maximum absolute atomic E-state index is 5.49. The first-order valence-electron chi connectivity index (χ1n) is 7.92. The maximum atomic E-state index is 5.49. The van der Waals surface area contributed by atoms with Crippen molar-refractivity contribution in [3.05, 3.63) is 0 Å². The third-order valence-electron chi connectivity index (χ3n) is 2.51. The summed E-state index contributed by atoms with van der Waals surface area (Å²) >= 11 is 0. The van der Waals surface area contributed by atoms with E-state index < -0.39 is 0 Å². The molecule has 0 radical (unpaired) electrons. The summed E-state index contributed by atoms with van der Waals surface area (Å²) in [6, 6.07) is 0. The van der Waals surface area contributed by atoms with E-state index >= 15 is 0 Å². The van der Waals surface area contributed by atoms with Gasteiger partial charge in [0, 0.05) is 13.2 Å². The highest BCUT2D eigenvalue weighted by Gasteiger charge is 1.92. The van der Waals surface area contributed by atoms with Crippen LogP contribution in [0.15, 0.2) is 0 Å². The maximum Gasteiger partial charge on any atom is 0.0701 e. The topological polar surface area (TPSA) is 42.5 Å². The average Bonchev–Trinajstić information content (AvgIpc) is 2.46. The first-order chi connectivity index (χ1) is 9.41. The predicted molar refractivity (Wildman–Crippen MR) is 83.9 cm³/mol. The van der Waals surface area contributed by atoms with Gasteiger partial charge in [0.05, 0.1) is 19.8 Å².